The monoisotopic (exact) mass is 333 g/mol. The lowest BCUT2D eigenvalue weighted by Crippen LogP contribution is -2.51. The summed E-state index contributed by atoms with van der Waals surface area (Å²) in [4.78, 5) is 14.3. The summed E-state index contributed by atoms with van der Waals surface area (Å²) in [6.45, 7) is 4.00. The van der Waals surface area contributed by atoms with Crippen LogP contribution in [0.5, 0.6) is 0 Å². The first-order chi connectivity index (χ1) is 9.37. The molecule has 1 heterocycles. The van der Waals surface area contributed by atoms with Crippen LogP contribution in [0.25, 0.3) is 0 Å². The lowest BCUT2D eigenvalue weighted by Gasteiger charge is -2.32. The molecule has 0 bridgehead atoms. The highest BCUT2D eigenvalue weighted by Crippen LogP contribution is 2.19. The first-order valence-electron chi connectivity index (χ1n) is 6.46. The third-order valence-corrected chi connectivity index (χ3v) is 3.70. The van der Waals surface area contributed by atoms with Crippen LogP contribution in [0.4, 0.5) is 5.69 Å². The van der Waals surface area contributed by atoms with Crippen molar-refractivity contribution < 1.29 is 13.2 Å². The van der Waals surface area contributed by atoms with Crippen molar-refractivity contribution in [3.8, 4) is 0 Å². The Morgan fingerprint density at radius 1 is 1.38 bits per heavy atom. The summed E-state index contributed by atoms with van der Waals surface area (Å²) in [6.07, 6.45) is 1.07. The number of para-hydroxylation sites is 1. The molecule has 1 unspecified atom stereocenters. The van der Waals surface area contributed by atoms with E-state index in [9.17, 15) is 13.2 Å². The van der Waals surface area contributed by atoms with Crippen molar-refractivity contribution in [3.63, 3.8) is 0 Å². The Labute approximate surface area is 131 Å². The van der Waals surface area contributed by atoms with Crippen molar-refractivity contribution in [1.29, 1.82) is 0 Å². The molecule has 8 heteroatoms. The van der Waals surface area contributed by atoms with Crippen molar-refractivity contribution in [2.45, 2.75) is 13.0 Å². The molecule has 0 radical (unpaired) electrons. The molecule has 1 aromatic carbocycles. The molecule has 2 N–H and O–H groups in total. The van der Waals surface area contributed by atoms with Crippen molar-refractivity contribution in [2.24, 2.45) is 0 Å². The predicted molar refractivity (Wildman–Crippen MR) is 85.5 cm³/mol. The lowest BCUT2D eigenvalue weighted by atomic mass is 10.1. The van der Waals surface area contributed by atoms with Crippen LogP contribution in [0.3, 0.4) is 0 Å². The van der Waals surface area contributed by atoms with E-state index < -0.39 is 10.0 Å². The Hall–Kier alpha value is -1.31. The van der Waals surface area contributed by atoms with E-state index in [4.69, 9.17) is 0 Å². The molecule has 21 heavy (non-hydrogen) atoms. The van der Waals surface area contributed by atoms with Gasteiger partial charge in [-0.2, -0.15) is 0 Å². The molecule has 1 amide bonds. The van der Waals surface area contributed by atoms with Gasteiger partial charge in [-0.15, -0.1) is 12.4 Å². The molecule has 1 saturated heterocycles. The minimum absolute atomic E-state index is 0. The van der Waals surface area contributed by atoms with Crippen LogP contribution in [-0.2, 0) is 10.0 Å². The number of carbonyl (C=O) groups is 1. The Bertz CT molecular complexity index is 606. The number of rotatable bonds is 3. The zero-order valence-electron chi connectivity index (χ0n) is 12.0. The molecule has 2 rings (SSSR count). The summed E-state index contributed by atoms with van der Waals surface area (Å²) in [5, 5.41) is 3.27. The van der Waals surface area contributed by atoms with Gasteiger partial charge in [0.15, 0.2) is 0 Å². The number of hydrogen-bond donors (Lipinski definition) is 2. The number of nitrogens with one attached hydrogen (secondary N) is 2. The van der Waals surface area contributed by atoms with Crippen LogP contribution in [0, 0.1) is 0 Å². The highest BCUT2D eigenvalue weighted by Gasteiger charge is 2.23. The van der Waals surface area contributed by atoms with Crippen LogP contribution < -0.4 is 10.0 Å². The maximum atomic E-state index is 12.5. The molecule has 0 spiro atoms. The molecule has 6 nitrogen and oxygen atoms in total. The SMILES string of the molecule is CC1CN(C(=O)c2ccccc2NS(C)(=O)=O)CCN1.Cl. The Morgan fingerprint density at radius 3 is 2.67 bits per heavy atom. The second kappa shape index (κ2) is 7.11. The van der Waals surface area contributed by atoms with Crippen LogP contribution in [0.15, 0.2) is 24.3 Å². The molecular weight excluding hydrogens is 314 g/mol. The average molecular weight is 334 g/mol. The summed E-state index contributed by atoms with van der Waals surface area (Å²) >= 11 is 0. The fraction of sp³-hybridized carbons (Fsp3) is 0.462. The molecule has 118 valence electrons. The highest BCUT2D eigenvalue weighted by atomic mass is 35.5. The molecule has 0 saturated carbocycles. The van der Waals surface area contributed by atoms with Gasteiger partial charge in [0.1, 0.15) is 0 Å². The van der Waals surface area contributed by atoms with Crippen LogP contribution in [0.2, 0.25) is 0 Å². The third-order valence-electron chi connectivity index (χ3n) is 3.11. The fourth-order valence-corrected chi connectivity index (χ4v) is 2.82. The molecule has 1 atom stereocenters. The van der Waals surface area contributed by atoms with Gasteiger partial charge in [0.2, 0.25) is 10.0 Å². The summed E-state index contributed by atoms with van der Waals surface area (Å²) in [5.74, 6) is -0.148. The number of nitrogens with zero attached hydrogens (tertiary/aromatic N) is 1. The van der Waals surface area contributed by atoms with Gasteiger partial charge < -0.3 is 10.2 Å². The fourth-order valence-electron chi connectivity index (χ4n) is 2.25. The van der Waals surface area contributed by atoms with Gasteiger partial charge in [0.05, 0.1) is 17.5 Å². The number of halogens is 1. The summed E-state index contributed by atoms with van der Waals surface area (Å²) in [5.41, 5.74) is 0.707. The molecular formula is C13H20ClN3O3S. The Morgan fingerprint density at radius 2 is 2.05 bits per heavy atom. The number of hydrogen-bond acceptors (Lipinski definition) is 4. The van der Waals surface area contributed by atoms with Gasteiger partial charge in [0, 0.05) is 25.7 Å². The second-order valence-electron chi connectivity index (χ2n) is 5.03. The molecule has 1 aliphatic rings. The summed E-state index contributed by atoms with van der Waals surface area (Å²) < 4.78 is 25.1. The van der Waals surface area contributed by atoms with E-state index in [0.29, 0.717) is 24.3 Å². The van der Waals surface area contributed by atoms with E-state index in [1.54, 1.807) is 29.2 Å². The summed E-state index contributed by atoms with van der Waals surface area (Å²) in [7, 11) is -3.41. The number of sulfonamides is 1. The normalized spacial score (nSPS) is 18.8. The topological polar surface area (TPSA) is 78.5 Å². The Kier molecular flexibility index (Phi) is 6.00. The number of carbonyl (C=O) groups excluding carboxylic acids is 1. The number of benzene rings is 1. The third kappa shape index (κ3) is 4.87. The quantitative estimate of drug-likeness (QED) is 0.862. The number of amides is 1. The van der Waals surface area contributed by atoms with Crippen molar-refractivity contribution in [3.05, 3.63) is 29.8 Å². The maximum absolute atomic E-state index is 12.5. The van der Waals surface area contributed by atoms with Crippen LogP contribution >= 0.6 is 12.4 Å². The van der Waals surface area contributed by atoms with Gasteiger partial charge in [-0.05, 0) is 19.1 Å². The molecule has 1 aliphatic heterocycles. The second-order valence-corrected chi connectivity index (χ2v) is 6.77. The van der Waals surface area contributed by atoms with Crippen molar-refractivity contribution in [1.82, 2.24) is 10.2 Å². The molecule has 0 aliphatic carbocycles. The number of anilines is 1. The average Bonchev–Trinajstić information content (AvgIpc) is 2.37. The predicted octanol–water partition coefficient (Wildman–Crippen LogP) is 0.914. The minimum Gasteiger partial charge on any atom is -0.336 e. The molecule has 0 aromatic heterocycles. The maximum Gasteiger partial charge on any atom is 0.256 e. The van der Waals surface area contributed by atoms with E-state index in [0.717, 1.165) is 12.8 Å². The Balaban J connectivity index is 0.00000220. The van der Waals surface area contributed by atoms with Gasteiger partial charge in [-0.3, -0.25) is 9.52 Å². The van der Waals surface area contributed by atoms with Crippen molar-refractivity contribution in [2.75, 3.05) is 30.6 Å². The van der Waals surface area contributed by atoms with Gasteiger partial charge in [0.25, 0.3) is 5.91 Å². The first kappa shape index (κ1) is 17.7. The zero-order chi connectivity index (χ0) is 14.8. The van der Waals surface area contributed by atoms with E-state index in [1.807, 2.05) is 6.92 Å². The molecule has 1 aromatic rings. The van der Waals surface area contributed by atoms with E-state index in [-0.39, 0.29) is 24.4 Å². The highest BCUT2D eigenvalue weighted by molar-refractivity contribution is 7.92. The van der Waals surface area contributed by atoms with Crippen LogP contribution in [-0.4, -0.2) is 51.2 Å². The van der Waals surface area contributed by atoms with Gasteiger partial charge in [-0.1, -0.05) is 12.1 Å². The van der Waals surface area contributed by atoms with E-state index in [1.165, 1.54) is 0 Å². The standard InChI is InChI=1S/C13H19N3O3S.ClH/c1-10-9-16(8-7-14-10)13(17)11-5-3-4-6-12(11)15-20(2,18)19;/h3-6,10,14-15H,7-9H2,1-2H3;1H. The van der Waals surface area contributed by atoms with Crippen LogP contribution in [0.1, 0.15) is 17.3 Å². The molecule has 1 fully saturated rings. The van der Waals surface area contributed by atoms with Gasteiger partial charge >= 0.3 is 0 Å². The zero-order valence-corrected chi connectivity index (χ0v) is 13.6. The van der Waals surface area contributed by atoms with Gasteiger partial charge in [-0.25, -0.2) is 8.42 Å². The first-order valence-corrected chi connectivity index (χ1v) is 8.35. The minimum atomic E-state index is -3.41. The van der Waals surface area contributed by atoms with E-state index in [2.05, 4.69) is 10.0 Å². The lowest BCUT2D eigenvalue weighted by molar-refractivity contribution is 0.0710. The van der Waals surface area contributed by atoms with Crippen molar-refractivity contribution >= 4 is 34.0 Å². The number of piperazine rings is 1. The largest absolute Gasteiger partial charge is 0.336 e. The van der Waals surface area contributed by atoms with E-state index >= 15 is 0 Å². The smallest absolute Gasteiger partial charge is 0.256 e. The summed E-state index contributed by atoms with van der Waals surface area (Å²) in [6, 6.07) is 6.90.